The van der Waals surface area contributed by atoms with Gasteiger partial charge >= 0.3 is 5.97 Å². The van der Waals surface area contributed by atoms with E-state index in [1.807, 2.05) is 0 Å². The molecule has 0 saturated carbocycles. The predicted molar refractivity (Wildman–Crippen MR) is 105 cm³/mol. The first-order valence-corrected chi connectivity index (χ1v) is 9.70. The number of esters is 1. The summed E-state index contributed by atoms with van der Waals surface area (Å²) in [6.07, 6.45) is -0.808. The molecule has 31 heavy (non-hydrogen) atoms. The van der Waals surface area contributed by atoms with E-state index in [2.05, 4.69) is 0 Å². The quantitative estimate of drug-likeness (QED) is 0.491. The van der Waals surface area contributed by atoms with Crippen LogP contribution >= 0.6 is 0 Å². The van der Waals surface area contributed by atoms with Crippen molar-refractivity contribution in [3.63, 3.8) is 0 Å². The fraction of sp³-hybridized carbons (Fsp3) is 0.304. The number of hydrogen-bond donors (Lipinski definition) is 0. The summed E-state index contributed by atoms with van der Waals surface area (Å²) in [5, 5.41) is 0. The smallest absolute Gasteiger partial charge is 0.336 e. The molecule has 4 nitrogen and oxygen atoms in total. The third-order valence-corrected chi connectivity index (χ3v) is 5.08. The third-order valence-electron chi connectivity index (χ3n) is 5.08. The van der Waals surface area contributed by atoms with Crippen LogP contribution in [0.1, 0.15) is 44.2 Å². The molecule has 0 spiro atoms. The van der Waals surface area contributed by atoms with Gasteiger partial charge in [0.15, 0.2) is 11.6 Å². The normalized spacial score (nSPS) is 16.8. The topological polar surface area (TPSA) is 46.6 Å². The van der Waals surface area contributed by atoms with Crippen molar-refractivity contribution in [3.05, 3.63) is 82.1 Å². The highest BCUT2D eigenvalue weighted by atomic mass is 19.2. The van der Waals surface area contributed by atoms with Crippen LogP contribution in [-0.4, -0.2) is 22.9 Å². The Morgan fingerprint density at radius 1 is 1.13 bits per heavy atom. The van der Waals surface area contributed by atoms with Gasteiger partial charge in [-0.25, -0.2) is 22.4 Å². The first-order valence-electron chi connectivity index (χ1n) is 9.70. The van der Waals surface area contributed by atoms with Crippen LogP contribution in [0.4, 0.5) is 17.6 Å². The van der Waals surface area contributed by atoms with E-state index in [0.717, 1.165) is 17.0 Å². The summed E-state index contributed by atoms with van der Waals surface area (Å²) >= 11 is 0. The fourth-order valence-corrected chi connectivity index (χ4v) is 3.64. The van der Waals surface area contributed by atoms with Gasteiger partial charge in [0.05, 0.1) is 18.2 Å². The lowest BCUT2D eigenvalue weighted by molar-refractivity contribution is -0.143. The Morgan fingerprint density at radius 2 is 1.84 bits per heavy atom. The Kier molecular flexibility index (Phi) is 6.48. The van der Waals surface area contributed by atoms with Gasteiger partial charge in [-0.3, -0.25) is 4.79 Å². The molecule has 3 rings (SSSR count). The van der Waals surface area contributed by atoms with Crippen LogP contribution in [0.5, 0.6) is 0 Å². The molecule has 164 valence electrons. The summed E-state index contributed by atoms with van der Waals surface area (Å²) < 4.78 is 60.9. The number of nitrogens with zero attached hydrogens (tertiary/aromatic N) is 1. The van der Waals surface area contributed by atoms with E-state index >= 15 is 0 Å². The molecule has 0 aliphatic carbocycles. The second-order valence-corrected chi connectivity index (χ2v) is 7.57. The van der Waals surface area contributed by atoms with Crippen molar-refractivity contribution in [2.75, 3.05) is 0 Å². The van der Waals surface area contributed by atoms with Crippen molar-refractivity contribution in [2.24, 2.45) is 0 Å². The predicted octanol–water partition coefficient (Wildman–Crippen LogP) is 4.98. The molecule has 0 saturated heterocycles. The minimum absolute atomic E-state index is 0.00983. The monoisotopic (exact) mass is 435 g/mol. The van der Waals surface area contributed by atoms with Gasteiger partial charge in [-0.2, -0.15) is 0 Å². The Morgan fingerprint density at radius 3 is 2.48 bits per heavy atom. The largest absolute Gasteiger partial charge is 0.460 e. The summed E-state index contributed by atoms with van der Waals surface area (Å²) in [5.74, 6) is -6.14. The number of ether oxygens (including phenoxy) is 1. The van der Waals surface area contributed by atoms with Gasteiger partial charge in [-0.05, 0) is 38.5 Å². The Hall–Kier alpha value is -3.16. The maximum atomic E-state index is 14.5. The summed E-state index contributed by atoms with van der Waals surface area (Å²) in [5.41, 5.74) is 0.0481. The summed E-state index contributed by atoms with van der Waals surface area (Å²) in [7, 11) is 0. The zero-order valence-electron chi connectivity index (χ0n) is 17.2. The number of hydrogen-bond acceptors (Lipinski definition) is 3. The molecule has 2 aromatic rings. The molecule has 1 unspecified atom stereocenters. The zero-order valence-corrected chi connectivity index (χ0v) is 17.2. The van der Waals surface area contributed by atoms with Crippen molar-refractivity contribution in [1.29, 1.82) is 0 Å². The van der Waals surface area contributed by atoms with Crippen LogP contribution < -0.4 is 0 Å². The van der Waals surface area contributed by atoms with Crippen LogP contribution in [0.2, 0.25) is 0 Å². The SMILES string of the molecule is CC1=C(C(=O)OC(C)C)C(c2ccc(F)cc2F)CC(=O)N1Cc1cccc(F)c1F. The maximum absolute atomic E-state index is 14.5. The number of amides is 1. The lowest BCUT2D eigenvalue weighted by Gasteiger charge is -2.35. The van der Waals surface area contributed by atoms with Crippen molar-refractivity contribution >= 4 is 11.9 Å². The van der Waals surface area contributed by atoms with Crippen LogP contribution in [0.3, 0.4) is 0 Å². The highest BCUT2D eigenvalue weighted by Gasteiger charge is 2.38. The summed E-state index contributed by atoms with van der Waals surface area (Å²) in [4.78, 5) is 26.9. The van der Waals surface area contributed by atoms with E-state index in [1.54, 1.807) is 13.8 Å². The Bertz CT molecular complexity index is 1060. The zero-order chi connectivity index (χ0) is 22.9. The molecule has 1 amide bonds. The van der Waals surface area contributed by atoms with E-state index in [4.69, 9.17) is 4.74 Å². The van der Waals surface area contributed by atoms with Crippen LogP contribution in [0.15, 0.2) is 47.7 Å². The average Bonchev–Trinajstić information content (AvgIpc) is 2.67. The molecular weight excluding hydrogens is 414 g/mol. The lowest BCUT2D eigenvalue weighted by atomic mass is 9.83. The van der Waals surface area contributed by atoms with Crippen LogP contribution in [0, 0.1) is 23.3 Å². The molecule has 0 aromatic heterocycles. The molecule has 2 aromatic carbocycles. The summed E-state index contributed by atoms with van der Waals surface area (Å²) in [6.45, 7) is 4.41. The van der Waals surface area contributed by atoms with E-state index in [1.165, 1.54) is 25.1 Å². The van der Waals surface area contributed by atoms with E-state index < -0.39 is 47.2 Å². The average molecular weight is 435 g/mol. The minimum atomic E-state index is -1.10. The van der Waals surface area contributed by atoms with Gasteiger partial charge < -0.3 is 9.64 Å². The molecule has 1 aliphatic rings. The van der Waals surface area contributed by atoms with E-state index in [0.29, 0.717) is 6.07 Å². The van der Waals surface area contributed by atoms with Crippen molar-refractivity contribution in [2.45, 2.75) is 45.8 Å². The Balaban J connectivity index is 2.09. The lowest BCUT2D eigenvalue weighted by Crippen LogP contribution is -2.38. The minimum Gasteiger partial charge on any atom is -0.460 e. The molecule has 8 heteroatoms. The van der Waals surface area contributed by atoms with Gasteiger partial charge in [0.1, 0.15) is 11.6 Å². The number of halogens is 4. The molecule has 1 atom stereocenters. The molecule has 0 N–H and O–H groups in total. The van der Waals surface area contributed by atoms with Gasteiger partial charge in [0.2, 0.25) is 5.91 Å². The number of benzene rings is 2. The van der Waals surface area contributed by atoms with Crippen molar-refractivity contribution in [3.8, 4) is 0 Å². The van der Waals surface area contributed by atoms with Gasteiger partial charge in [-0.15, -0.1) is 0 Å². The Labute approximate surface area is 177 Å². The third kappa shape index (κ3) is 4.62. The van der Waals surface area contributed by atoms with Crippen LogP contribution in [0.25, 0.3) is 0 Å². The first kappa shape index (κ1) is 22.5. The van der Waals surface area contributed by atoms with Crippen molar-refractivity contribution in [1.82, 2.24) is 4.90 Å². The van der Waals surface area contributed by atoms with Crippen LogP contribution in [-0.2, 0) is 20.9 Å². The second-order valence-electron chi connectivity index (χ2n) is 7.57. The highest BCUT2D eigenvalue weighted by molar-refractivity contribution is 5.96. The van der Waals surface area contributed by atoms with Gasteiger partial charge in [0.25, 0.3) is 0 Å². The number of carbonyl (C=O) groups is 2. The second kappa shape index (κ2) is 8.91. The molecule has 0 fully saturated rings. The van der Waals surface area contributed by atoms with Gasteiger partial charge in [0, 0.05) is 29.7 Å². The van der Waals surface area contributed by atoms with Gasteiger partial charge in [-0.1, -0.05) is 18.2 Å². The van der Waals surface area contributed by atoms with E-state index in [-0.39, 0.29) is 35.4 Å². The molecular formula is C23H21F4NO3. The summed E-state index contributed by atoms with van der Waals surface area (Å²) in [6, 6.07) is 6.49. The number of allylic oxidation sites excluding steroid dienone is 1. The first-order chi connectivity index (χ1) is 14.6. The number of carbonyl (C=O) groups excluding carboxylic acids is 2. The van der Waals surface area contributed by atoms with Crippen molar-refractivity contribution < 1.29 is 31.9 Å². The molecule has 1 heterocycles. The molecule has 1 aliphatic heterocycles. The standard InChI is InChI=1S/C23H21F4NO3/c1-12(2)31-23(30)21-13(3)28(11-14-5-4-6-18(25)22(14)27)20(29)10-17(21)16-8-7-15(24)9-19(16)26/h4-9,12,17H,10-11H2,1-3H3. The van der Waals surface area contributed by atoms with E-state index in [9.17, 15) is 27.2 Å². The molecule has 0 radical (unpaired) electrons. The highest BCUT2D eigenvalue weighted by Crippen LogP contribution is 2.39. The maximum Gasteiger partial charge on any atom is 0.336 e. The number of rotatable bonds is 5. The fourth-order valence-electron chi connectivity index (χ4n) is 3.64. The molecule has 0 bridgehead atoms.